The zero-order valence-electron chi connectivity index (χ0n) is 16.8. The minimum atomic E-state index is -0.120. The van der Waals surface area contributed by atoms with Gasteiger partial charge in [-0.3, -0.25) is 9.78 Å². The second-order valence-corrected chi connectivity index (χ2v) is 9.08. The Hall–Kier alpha value is -2.35. The van der Waals surface area contributed by atoms with Gasteiger partial charge >= 0.3 is 6.03 Å². The van der Waals surface area contributed by atoms with Gasteiger partial charge in [0.25, 0.3) is 0 Å². The number of benzene rings is 1. The molecule has 0 aliphatic carbocycles. The molecular formula is C22H22Cl2N4O3. The van der Waals surface area contributed by atoms with Crippen LogP contribution in [0.3, 0.4) is 0 Å². The van der Waals surface area contributed by atoms with Gasteiger partial charge in [-0.15, -0.1) is 0 Å². The third-order valence-electron chi connectivity index (χ3n) is 6.19. The summed E-state index contributed by atoms with van der Waals surface area (Å²) in [5.74, 6) is 0.0999. The summed E-state index contributed by atoms with van der Waals surface area (Å²) in [4.78, 5) is 32.7. The Balaban J connectivity index is 1.18. The fraction of sp³-hybridized carbons (Fsp3) is 0.409. The van der Waals surface area contributed by atoms with E-state index in [4.69, 9.17) is 27.9 Å². The molecule has 0 spiro atoms. The van der Waals surface area contributed by atoms with E-state index >= 15 is 0 Å². The number of aromatic nitrogens is 1. The Kier molecular flexibility index (Phi) is 5.50. The number of morpholine rings is 1. The average Bonchev–Trinajstić information content (AvgIpc) is 2.73. The second kappa shape index (κ2) is 8.30. The van der Waals surface area contributed by atoms with Crippen molar-refractivity contribution in [3.05, 3.63) is 52.3 Å². The number of likely N-dealkylation sites (tertiary alicyclic amines) is 2. The predicted molar refractivity (Wildman–Crippen MR) is 117 cm³/mol. The van der Waals surface area contributed by atoms with Crippen LogP contribution < -0.4 is 5.32 Å². The molecule has 9 heteroatoms. The van der Waals surface area contributed by atoms with Crippen molar-refractivity contribution in [2.24, 2.45) is 0 Å². The van der Waals surface area contributed by atoms with E-state index in [0.717, 1.165) is 23.2 Å². The molecule has 0 bridgehead atoms. The van der Waals surface area contributed by atoms with Gasteiger partial charge in [0.2, 0.25) is 5.91 Å². The van der Waals surface area contributed by atoms with E-state index in [2.05, 4.69) is 10.3 Å². The van der Waals surface area contributed by atoms with Crippen LogP contribution in [-0.2, 0) is 9.53 Å². The molecule has 3 aliphatic rings. The zero-order valence-corrected chi connectivity index (χ0v) is 18.3. The summed E-state index contributed by atoms with van der Waals surface area (Å²) in [6.45, 7) is 2.52. The van der Waals surface area contributed by atoms with Crippen molar-refractivity contribution < 1.29 is 14.3 Å². The van der Waals surface area contributed by atoms with E-state index in [0.29, 0.717) is 36.2 Å². The van der Waals surface area contributed by atoms with Gasteiger partial charge in [-0.05, 0) is 24.6 Å². The van der Waals surface area contributed by atoms with Crippen molar-refractivity contribution in [1.29, 1.82) is 0 Å². The maximum atomic E-state index is 12.9. The number of rotatable bonds is 2. The number of halogens is 2. The van der Waals surface area contributed by atoms with E-state index in [1.54, 1.807) is 12.1 Å². The minimum Gasteiger partial charge on any atom is -0.366 e. The molecule has 5 rings (SSSR count). The SMILES string of the molecule is O=C1CO[C@H]2CCN(C(=O)N3CC(c4ccc(-c5ccc(Cl)cc5Cl)cn4)C3)C[C@H]2N1. The van der Waals surface area contributed by atoms with Crippen LogP contribution >= 0.6 is 23.2 Å². The molecule has 3 saturated heterocycles. The normalized spacial score (nSPS) is 23.7. The summed E-state index contributed by atoms with van der Waals surface area (Å²) in [5, 5.41) is 4.12. The fourth-order valence-corrected chi connectivity index (χ4v) is 4.94. The Morgan fingerprint density at radius 1 is 1.13 bits per heavy atom. The molecule has 162 valence electrons. The van der Waals surface area contributed by atoms with Crippen LogP contribution in [0.15, 0.2) is 36.5 Å². The maximum absolute atomic E-state index is 12.9. The third kappa shape index (κ3) is 4.10. The molecule has 2 aromatic rings. The summed E-state index contributed by atoms with van der Waals surface area (Å²) >= 11 is 12.3. The van der Waals surface area contributed by atoms with E-state index in [1.165, 1.54) is 0 Å². The highest BCUT2D eigenvalue weighted by molar-refractivity contribution is 6.36. The largest absolute Gasteiger partial charge is 0.366 e. The number of urea groups is 1. The van der Waals surface area contributed by atoms with Crippen LogP contribution in [0.5, 0.6) is 0 Å². The molecule has 1 aromatic carbocycles. The van der Waals surface area contributed by atoms with Crippen LogP contribution in [0.25, 0.3) is 11.1 Å². The lowest BCUT2D eigenvalue weighted by molar-refractivity contribution is -0.139. The first-order valence-electron chi connectivity index (χ1n) is 10.3. The van der Waals surface area contributed by atoms with Crippen LogP contribution in [0.2, 0.25) is 10.0 Å². The van der Waals surface area contributed by atoms with Gasteiger partial charge in [-0.2, -0.15) is 0 Å². The van der Waals surface area contributed by atoms with Crippen LogP contribution in [0.4, 0.5) is 4.79 Å². The molecule has 3 amide bonds. The number of carbonyl (C=O) groups excluding carboxylic acids is 2. The van der Waals surface area contributed by atoms with E-state index in [1.807, 2.05) is 34.2 Å². The first-order valence-corrected chi connectivity index (χ1v) is 11.1. The van der Waals surface area contributed by atoms with Crippen molar-refractivity contribution in [3.8, 4) is 11.1 Å². The minimum absolute atomic E-state index is 0.00254. The number of fused-ring (bicyclic) bond motifs is 1. The number of nitrogens with zero attached hydrogens (tertiary/aromatic N) is 3. The first-order chi connectivity index (χ1) is 15.0. The summed E-state index contributed by atoms with van der Waals surface area (Å²) in [6.07, 6.45) is 2.55. The molecule has 0 unspecified atom stereocenters. The van der Waals surface area contributed by atoms with Gasteiger partial charge in [0.05, 0.1) is 12.1 Å². The van der Waals surface area contributed by atoms with Crippen LogP contribution in [-0.4, -0.2) is 71.7 Å². The quantitative estimate of drug-likeness (QED) is 0.746. The van der Waals surface area contributed by atoms with Crippen molar-refractivity contribution in [2.45, 2.75) is 24.5 Å². The number of piperidine rings is 1. The lowest BCUT2D eigenvalue weighted by Crippen LogP contribution is -2.63. The van der Waals surface area contributed by atoms with Crippen LogP contribution in [0.1, 0.15) is 18.0 Å². The second-order valence-electron chi connectivity index (χ2n) is 8.24. The highest BCUT2D eigenvalue weighted by atomic mass is 35.5. The molecule has 0 saturated carbocycles. The van der Waals surface area contributed by atoms with Crippen molar-refractivity contribution in [2.75, 3.05) is 32.8 Å². The number of nitrogens with one attached hydrogen (secondary N) is 1. The smallest absolute Gasteiger partial charge is 0.320 e. The monoisotopic (exact) mass is 460 g/mol. The highest BCUT2D eigenvalue weighted by Crippen LogP contribution is 2.32. The van der Waals surface area contributed by atoms with Gasteiger partial charge in [0.1, 0.15) is 6.61 Å². The summed E-state index contributed by atoms with van der Waals surface area (Å²) in [5.41, 5.74) is 2.78. The Morgan fingerprint density at radius 3 is 2.71 bits per heavy atom. The number of pyridine rings is 1. The van der Waals surface area contributed by atoms with Crippen molar-refractivity contribution in [1.82, 2.24) is 20.1 Å². The van der Waals surface area contributed by atoms with E-state index in [-0.39, 0.29) is 36.6 Å². The van der Waals surface area contributed by atoms with Gasteiger partial charge in [-0.1, -0.05) is 35.3 Å². The maximum Gasteiger partial charge on any atom is 0.320 e. The Labute approximate surface area is 190 Å². The number of hydrogen-bond acceptors (Lipinski definition) is 4. The molecule has 2 atom stereocenters. The molecular weight excluding hydrogens is 439 g/mol. The Morgan fingerprint density at radius 2 is 1.97 bits per heavy atom. The summed E-state index contributed by atoms with van der Waals surface area (Å²) < 4.78 is 5.57. The molecule has 3 fully saturated rings. The number of ether oxygens (including phenoxy) is 1. The number of carbonyl (C=O) groups is 2. The van der Waals surface area contributed by atoms with Gasteiger partial charge < -0.3 is 19.9 Å². The van der Waals surface area contributed by atoms with Crippen molar-refractivity contribution in [3.63, 3.8) is 0 Å². The topological polar surface area (TPSA) is 74.8 Å². The van der Waals surface area contributed by atoms with Gasteiger partial charge in [0, 0.05) is 65.2 Å². The molecule has 4 heterocycles. The summed E-state index contributed by atoms with van der Waals surface area (Å²) in [7, 11) is 0. The van der Waals surface area contributed by atoms with Crippen LogP contribution in [0, 0.1) is 0 Å². The molecule has 1 N–H and O–H groups in total. The zero-order chi connectivity index (χ0) is 21.5. The van der Waals surface area contributed by atoms with E-state index < -0.39 is 0 Å². The first kappa shape index (κ1) is 20.5. The number of hydrogen-bond donors (Lipinski definition) is 1. The average molecular weight is 461 g/mol. The van der Waals surface area contributed by atoms with Gasteiger partial charge in [-0.25, -0.2) is 4.79 Å². The number of amides is 3. The summed E-state index contributed by atoms with van der Waals surface area (Å²) in [6, 6.07) is 9.29. The molecule has 7 nitrogen and oxygen atoms in total. The van der Waals surface area contributed by atoms with Gasteiger partial charge in [0.15, 0.2) is 0 Å². The van der Waals surface area contributed by atoms with E-state index in [9.17, 15) is 9.59 Å². The molecule has 3 aliphatic heterocycles. The fourth-order valence-electron chi connectivity index (χ4n) is 4.43. The predicted octanol–water partition coefficient (Wildman–Crippen LogP) is 3.16. The molecule has 31 heavy (non-hydrogen) atoms. The lowest BCUT2D eigenvalue weighted by atomic mass is 9.94. The Bertz CT molecular complexity index is 1010. The standard InChI is InChI=1S/C22H22Cl2N4O3/c23-15-2-3-16(17(24)7-15)13-1-4-18(25-8-13)14-9-28(10-14)22(30)27-6-5-20-19(11-27)26-21(29)12-31-20/h1-4,7-8,14,19-20H,5-6,9-12H2,(H,26,29)/t19-,20+/m1/s1. The third-order valence-corrected chi connectivity index (χ3v) is 6.74. The molecule has 1 aromatic heterocycles. The highest BCUT2D eigenvalue weighted by Gasteiger charge is 2.40. The molecule has 0 radical (unpaired) electrons. The van der Waals surface area contributed by atoms with Crippen molar-refractivity contribution >= 4 is 35.1 Å². The lowest BCUT2D eigenvalue weighted by Gasteiger charge is -2.46.